The van der Waals surface area contributed by atoms with E-state index in [-0.39, 0.29) is 22.4 Å². The van der Waals surface area contributed by atoms with Crippen LogP contribution in [0.15, 0.2) is 41.3 Å². The van der Waals surface area contributed by atoms with Gasteiger partial charge in [-0.15, -0.1) is 0 Å². The number of carbonyl (C=O) groups excluding carboxylic acids is 1. The van der Waals surface area contributed by atoms with E-state index in [0.29, 0.717) is 19.6 Å². The van der Waals surface area contributed by atoms with E-state index in [0.717, 1.165) is 17.1 Å². The molecule has 1 aromatic carbocycles. The van der Waals surface area contributed by atoms with Crippen LogP contribution >= 0.6 is 0 Å². The predicted octanol–water partition coefficient (Wildman–Crippen LogP) is 2.43. The minimum Gasteiger partial charge on any atom is -0.495 e. The standard InChI is InChI=1S/C20H25N3O3/c1-14-11-17(24)15(12-21-14)19(25)22-9-10-23(20(2,3)13-22)16-7-5-6-8-18(16)26-4/h5-8,11-12H,9-10,13H2,1-4H3,(H,21,24). The summed E-state index contributed by atoms with van der Waals surface area (Å²) >= 11 is 0. The molecular formula is C20H25N3O3. The number of carbonyl (C=O) groups is 1. The highest BCUT2D eigenvalue weighted by atomic mass is 16.5. The molecular weight excluding hydrogens is 330 g/mol. The molecule has 1 aliphatic rings. The summed E-state index contributed by atoms with van der Waals surface area (Å²) < 4.78 is 5.49. The van der Waals surface area contributed by atoms with Gasteiger partial charge in [-0.1, -0.05) is 12.1 Å². The third kappa shape index (κ3) is 3.31. The number of H-pyrrole nitrogens is 1. The highest BCUT2D eigenvalue weighted by molar-refractivity contribution is 5.94. The Morgan fingerprint density at radius 1 is 1.23 bits per heavy atom. The maximum atomic E-state index is 12.8. The summed E-state index contributed by atoms with van der Waals surface area (Å²) in [5, 5.41) is 0. The summed E-state index contributed by atoms with van der Waals surface area (Å²) in [5.41, 5.74) is 1.42. The molecule has 0 spiro atoms. The average molecular weight is 355 g/mol. The van der Waals surface area contributed by atoms with Gasteiger partial charge in [-0.2, -0.15) is 0 Å². The van der Waals surface area contributed by atoms with Crippen molar-refractivity contribution >= 4 is 11.6 Å². The van der Waals surface area contributed by atoms with E-state index in [9.17, 15) is 9.59 Å². The molecule has 1 N–H and O–H groups in total. The van der Waals surface area contributed by atoms with Crippen LogP contribution in [0.2, 0.25) is 0 Å². The third-order valence-corrected chi connectivity index (χ3v) is 4.85. The molecule has 1 aliphatic heterocycles. The van der Waals surface area contributed by atoms with Crippen molar-refractivity contribution in [3.05, 3.63) is 58.0 Å². The van der Waals surface area contributed by atoms with E-state index in [1.165, 1.54) is 12.3 Å². The number of pyridine rings is 1. The zero-order valence-corrected chi connectivity index (χ0v) is 15.7. The van der Waals surface area contributed by atoms with Gasteiger partial charge in [0, 0.05) is 37.6 Å². The smallest absolute Gasteiger partial charge is 0.259 e. The Hall–Kier alpha value is -2.76. The van der Waals surface area contributed by atoms with Gasteiger partial charge >= 0.3 is 0 Å². The maximum Gasteiger partial charge on any atom is 0.259 e. The zero-order valence-electron chi connectivity index (χ0n) is 15.7. The lowest BCUT2D eigenvalue weighted by molar-refractivity contribution is 0.0684. The second kappa shape index (κ2) is 6.86. The molecule has 6 heteroatoms. The van der Waals surface area contributed by atoms with E-state index in [1.807, 2.05) is 24.3 Å². The molecule has 0 saturated carbocycles. The van der Waals surface area contributed by atoms with Crippen LogP contribution < -0.4 is 15.1 Å². The number of nitrogens with one attached hydrogen (secondary N) is 1. The number of nitrogens with zero attached hydrogens (tertiary/aromatic N) is 2. The molecule has 0 aliphatic carbocycles. The number of hydrogen-bond acceptors (Lipinski definition) is 4. The molecule has 1 aromatic heterocycles. The third-order valence-electron chi connectivity index (χ3n) is 4.85. The molecule has 0 bridgehead atoms. The Labute approximate surface area is 153 Å². The fraction of sp³-hybridized carbons (Fsp3) is 0.400. The number of benzene rings is 1. The number of methoxy groups -OCH3 is 1. The minimum absolute atomic E-state index is 0.192. The second-order valence-electron chi connectivity index (χ2n) is 7.26. The summed E-state index contributed by atoms with van der Waals surface area (Å²) in [6.07, 6.45) is 1.51. The Morgan fingerprint density at radius 2 is 1.96 bits per heavy atom. The van der Waals surface area contributed by atoms with Gasteiger partial charge in [-0.25, -0.2) is 0 Å². The Kier molecular flexibility index (Phi) is 4.76. The van der Waals surface area contributed by atoms with Gasteiger partial charge in [0.05, 0.1) is 18.3 Å². The number of aromatic nitrogens is 1. The summed E-state index contributed by atoms with van der Waals surface area (Å²) in [6.45, 7) is 7.73. The number of rotatable bonds is 3. The van der Waals surface area contributed by atoms with Gasteiger partial charge < -0.3 is 19.5 Å². The molecule has 2 aromatic rings. The summed E-state index contributed by atoms with van der Waals surface area (Å²) in [4.78, 5) is 32.0. The first-order valence-corrected chi connectivity index (χ1v) is 8.73. The van der Waals surface area contributed by atoms with Crippen LogP contribution in [0.4, 0.5) is 5.69 Å². The van der Waals surface area contributed by atoms with Crippen LogP contribution in [-0.4, -0.2) is 48.1 Å². The molecule has 0 unspecified atom stereocenters. The molecule has 26 heavy (non-hydrogen) atoms. The van der Waals surface area contributed by atoms with Crippen molar-refractivity contribution in [3.63, 3.8) is 0 Å². The van der Waals surface area contributed by atoms with Gasteiger partial charge in [-0.05, 0) is 32.9 Å². The van der Waals surface area contributed by atoms with Crippen molar-refractivity contribution in [2.24, 2.45) is 0 Å². The number of ether oxygens (including phenoxy) is 1. The van der Waals surface area contributed by atoms with E-state index < -0.39 is 0 Å². The normalized spacial score (nSPS) is 16.5. The molecule has 6 nitrogen and oxygen atoms in total. The number of hydrogen-bond donors (Lipinski definition) is 1. The fourth-order valence-corrected chi connectivity index (χ4v) is 3.54. The van der Waals surface area contributed by atoms with Crippen molar-refractivity contribution < 1.29 is 9.53 Å². The van der Waals surface area contributed by atoms with E-state index >= 15 is 0 Å². The van der Waals surface area contributed by atoms with Crippen molar-refractivity contribution in [1.29, 1.82) is 0 Å². The highest BCUT2D eigenvalue weighted by Crippen LogP contribution is 2.35. The highest BCUT2D eigenvalue weighted by Gasteiger charge is 2.37. The zero-order chi connectivity index (χ0) is 18.9. The quantitative estimate of drug-likeness (QED) is 0.918. The molecule has 1 saturated heterocycles. The number of aryl methyl sites for hydroxylation is 1. The SMILES string of the molecule is COc1ccccc1N1CCN(C(=O)c2c[nH]c(C)cc2=O)CC1(C)C. The van der Waals surface area contributed by atoms with Crippen LogP contribution in [0, 0.1) is 6.92 Å². The molecule has 1 amide bonds. The van der Waals surface area contributed by atoms with E-state index in [2.05, 4.69) is 23.7 Å². The lowest BCUT2D eigenvalue weighted by atomic mass is 9.96. The van der Waals surface area contributed by atoms with Gasteiger partial charge in [0.1, 0.15) is 11.3 Å². The van der Waals surface area contributed by atoms with Gasteiger partial charge in [0.25, 0.3) is 5.91 Å². The molecule has 0 radical (unpaired) electrons. The maximum absolute atomic E-state index is 12.8. The van der Waals surface area contributed by atoms with Gasteiger partial charge in [0.15, 0.2) is 5.43 Å². The van der Waals surface area contributed by atoms with Crippen molar-refractivity contribution in [2.75, 3.05) is 31.6 Å². The van der Waals surface area contributed by atoms with Crippen molar-refractivity contribution in [2.45, 2.75) is 26.3 Å². The Bertz CT molecular complexity index is 873. The fourth-order valence-electron chi connectivity index (χ4n) is 3.54. The number of para-hydroxylation sites is 2. The number of aromatic amines is 1. The Morgan fingerprint density at radius 3 is 2.62 bits per heavy atom. The lowest BCUT2D eigenvalue weighted by Gasteiger charge is -2.48. The minimum atomic E-state index is -0.292. The van der Waals surface area contributed by atoms with Crippen molar-refractivity contribution in [3.8, 4) is 5.75 Å². The van der Waals surface area contributed by atoms with Crippen LogP contribution in [0.3, 0.4) is 0 Å². The van der Waals surface area contributed by atoms with Crippen LogP contribution in [0.5, 0.6) is 5.75 Å². The molecule has 138 valence electrons. The topological polar surface area (TPSA) is 65.6 Å². The predicted molar refractivity (Wildman–Crippen MR) is 102 cm³/mol. The number of amides is 1. The first-order valence-electron chi connectivity index (χ1n) is 8.73. The first-order chi connectivity index (χ1) is 12.3. The summed E-state index contributed by atoms with van der Waals surface area (Å²) in [7, 11) is 1.66. The van der Waals surface area contributed by atoms with E-state index in [4.69, 9.17) is 4.74 Å². The second-order valence-corrected chi connectivity index (χ2v) is 7.26. The van der Waals surface area contributed by atoms with Crippen LogP contribution in [-0.2, 0) is 0 Å². The first kappa shape index (κ1) is 18.0. The summed E-state index contributed by atoms with van der Waals surface area (Å²) in [6, 6.07) is 9.36. The van der Waals surface area contributed by atoms with Gasteiger partial charge in [-0.3, -0.25) is 9.59 Å². The lowest BCUT2D eigenvalue weighted by Crippen LogP contribution is -2.61. The largest absolute Gasteiger partial charge is 0.495 e. The van der Waals surface area contributed by atoms with Crippen molar-refractivity contribution in [1.82, 2.24) is 9.88 Å². The average Bonchev–Trinajstić information content (AvgIpc) is 2.60. The van der Waals surface area contributed by atoms with E-state index in [1.54, 1.807) is 18.9 Å². The van der Waals surface area contributed by atoms with Gasteiger partial charge in [0.2, 0.25) is 0 Å². The van der Waals surface area contributed by atoms with Crippen LogP contribution in [0.1, 0.15) is 29.9 Å². The molecule has 3 rings (SSSR count). The molecule has 1 fully saturated rings. The Balaban J connectivity index is 1.84. The molecule has 2 heterocycles. The number of anilines is 1. The number of piperazine rings is 1. The molecule has 0 atom stereocenters. The monoisotopic (exact) mass is 355 g/mol. The summed E-state index contributed by atoms with van der Waals surface area (Å²) in [5.74, 6) is 0.592. The van der Waals surface area contributed by atoms with Crippen LogP contribution in [0.25, 0.3) is 0 Å².